The van der Waals surface area contributed by atoms with Crippen molar-refractivity contribution in [2.45, 2.75) is 33.6 Å². The number of hydrogen-bond donors (Lipinski definition) is 1. The molecule has 110 valence electrons. The highest BCUT2D eigenvalue weighted by Crippen LogP contribution is 2.30. The summed E-state index contributed by atoms with van der Waals surface area (Å²) in [7, 11) is 0. The van der Waals surface area contributed by atoms with E-state index in [0.29, 0.717) is 18.9 Å². The second-order valence-electron chi connectivity index (χ2n) is 5.03. The highest BCUT2D eigenvalue weighted by Gasteiger charge is 2.16. The van der Waals surface area contributed by atoms with Gasteiger partial charge in [0.25, 0.3) is 0 Å². The molecule has 1 N–H and O–H groups in total. The third-order valence-corrected chi connectivity index (χ3v) is 3.42. The van der Waals surface area contributed by atoms with Gasteiger partial charge in [0.2, 0.25) is 0 Å². The summed E-state index contributed by atoms with van der Waals surface area (Å²) in [5, 5.41) is 12.1. The van der Waals surface area contributed by atoms with Gasteiger partial charge in [0.15, 0.2) is 0 Å². The van der Waals surface area contributed by atoms with Gasteiger partial charge in [0.1, 0.15) is 22.4 Å². The lowest BCUT2D eigenvalue weighted by Gasteiger charge is -2.26. The first-order chi connectivity index (χ1) is 9.60. The molecule has 1 rings (SSSR count). The second kappa shape index (κ2) is 8.75. The highest BCUT2D eigenvalue weighted by molar-refractivity contribution is 9.10. The van der Waals surface area contributed by atoms with Crippen LogP contribution in [0.5, 0.6) is 0 Å². The number of nitrogens with one attached hydrogen (secondary N) is 1. The van der Waals surface area contributed by atoms with Crippen LogP contribution in [-0.4, -0.2) is 29.6 Å². The average Bonchev–Trinajstić information content (AvgIpc) is 2.42. The Kier molecular flexibility index (Phi) is 7.31. The fourth-order valence-corrected chi connectivity index (χ4v) is 2.45. The smallest absolute Gasteiger partial charge is 0.148 e. The average molecular weight is 340 g/mol. The Morgan fingerprint density at radius 1 is 1.45 bits per heavy atom. The minimum absolute atomic E-state index is 0.487. The number of nitriles is 1. The largest absolute Gasteiger partial charge is 0.369 e. The Hall–Kier alpha value is -1.35. The number of rotatable bonds is 8. The zero-order chi connectivity index (χ0) is 15.0. The van der Waals surface area contributed by atoms with Crippen molar-refractivity contribution in [3.63, 3.8) is 0 Å². The zero-order valence-corrected chi connectivity index (χ0v) is 13.9. The van der Waals surface area contributed by atoms with Crippen LogP contribution in [0.1, 0.15) is 33.6 Å². The summed E-state index contributed by atoms with van der Waals surface area (Å²) in [4.78, 5) is 10.8. The molecule has 0 saturated carbocycles. The molecule has 6 heteroatoms. The molecule has 20 heavy (non-hydrogen) atoms. The maximum absolute atomic E-state index is 8.80. The first kappa shape index (κ1) is 16.7. The molecule has 0 saturated heterocycles. The van der Waals surface area contributed by atoms with Crippen LogP contribution < -0.4 is 10.2 Å². The van der Waals surface area contributed by atoms with Crippen LogP contribution in [0.25, 0.3) is 0 Å². The van der Waals surface area contributed by atoms with E-state index in [1.54, 1.807) is 6.33 Å². The van der Waals surface area contributed by atoms with Crippen molar-refractivity contribution in [2.75, 3.05) is 29.9 Å². The summed E-state index contributed by atoms with van der Waals surface area (Å²) in [6.45, 7) is 8.84. The van der Waals surface area contributed by atoms with E-state index in [9.17, 15) is 0 Å². The number of aromatic nitrogens is 2. The van der Waals surface area contributed by atoms with Crippen molar-refractivity contribution in [1.29, 1.82) is 5.26 Å². The lowest BCUT2D eigenvalue weighted by atomic mass is 10.2. The van der Waals surface area contributed by atoms with Crippen molar-refractivity contribution >= 4 is 27.6 Å². The van der Waals surface area contributed by atoms with E-state index in [2.05, 4.69) is 63.0 Å². The molecule has 1 aromatic heterocycles. The van der Waals surface area contributed by atoms with Crippen molar-refractivity contribution in [1.82, 2.24) is 9.97 Å². The SMILES string of the molecule is CCCNc1ncnc(N(CCC#N)CC(C)C)c1Br. The molecule has 0 radical (unpaired) electrons. The van der Waals surface area contributed by atoms with Crippen LogP contribution in [-0.2, 0) is 0 Å². The molecule has 0 atom stereocenters. The minimum Gasteiger partial charge on any atom is -0.369 e. The van der Waals surface area contributed by atoms with Crippen LogP contribution in [0.2, 0.25) is 0 Å². The predicted molar refractivity (Wildman–Crippen MR) is 85.8 cm³/mol. The van der Waals surface area contributed by atoms with Crippen LogP contribution in [0.15, 0.2) is 10.8 Å². The molecule has 0 fully saturated rings. The van der Waals surface area contributed by atoms with Gasteiger partial charge in [-0.2, -0.15) is 5.26 Å². The molecule has 0 spiro atoms. The van der Waals surface area contributed by atoms with Crippen molar-refractivity contribution < 1.29 is 0 Å². The van der Waals surface area contributed by atoms with Gasteiger partial charge in [-0.15, -0.1) is 0 Å². The van der Waals surface area contributed by atoms with E-state index in [1.165, 1.54) is 0 Å². The van der Waals surface area contributed by atoms with Crippen LogP contribution in [0.4, 0.5) is 11.6 Å². The summed E-state index contributed by atoms with van der Waals surface area (Å²) >= 11 is 3.58. The zero-order valence-electron chi connectivity index (χ0n) is 12.4. The first-order valence-corrected chi connectivity index (χ1v) is 7.75. The Balaban J connectivity index is 2.97. The molecule has 1 heterocycles. The summed E-state index contributed by atoms with van der Waals surface area (Å²) in [6, 6.07) is 2.19. The Labute approximate surface area is 129 Å². The maximum Gasteiger partial charge on any atom is 0.148 e. The minimum atomic E-state index is 0.487. The fraction of sp³-hybridized carbons (Fsp3) is 0.643. The van der Waals surface area contributed by atoms with E-state index in [-0.39, 0.29) is 0 Å². The fourth-order valence-electron chi connectivity index (χ4n) is 1.86. The molecule has 0 aliphatic heterocycles. The van der Waals surface area contributed by atoms with Gasteiger partial charge in [-0.3, -0.25) is 0 Å². The molecule has 0 bridgehead atoms. The van der Waals surface area contributed by atoms with Crippen molar-refractivity contribution in [2.24, 2.45) is 5.92 Å². The summed E-state index contributed by atoms with van der Waals surface area (Å²) < 4.78 is 0.868. The summed E-state index contributed by atoms with van der Waals surface area (Å²) in [6.07, 6.45) is 3.09. The lowest BCUT2D eigenvalue weighted by molar-refractivity contribution is 0.606. The monoisotopic (exact) mass is 339 g/mol. The normalized spacial score (nSPS) is 10.4. The molecule has 0 aliphatic rings. The van der Waals surface area contributed by atoms with Crippen LogP contribution in [0, 0.1) is 17.2 Å². The van der Waals surface area contributed by atoms with E-state index in [0.717, 1.165) is 35.6 Å². The standard InChI is InChI=1S/C14H22BrN5/c1-4-7-17-13-12(15)14(19-10-18-13)20(8-5-6-16)9-11(2)3/h10-11H,4-5,7-9H2,1-3H3,(H,17,18,19). The second-order valence-corrected chi connectivity index (χ2v) is 5.83. The number of nitrogens with zero attached hydrogens (tertiary/aromatic N) is 4. The van der Waals surface area contributed by atoms with Gasteiger partial charge in [0, 0.05) is 19.6 Å². The van der Waals surface area contributed by atoms with Crippen molar-refractivity contribution in [3.05, 3.63) is 10.8 Å². The van der Waals surface area contributed by atoms with E-state index < -0.39 is 0 Å². The van der Waals surface area contributed by atoms with E-state index >= 15 is 0 Å². The Morgan fingerprint density at radius 2 is 2.20 bits per heavy atom. The molecule has 1 aromatic rings. The van der Waals surface area contributed by atoms with Gasteiger partial charge in [0.05, 0.1) is 12.5 Å². The van der Waals surface area contributed by atoms with Crippen LogP contribution >= 0.6 is 15.9 Å². The van der Waals surface area contributed by atoms with Gasteiger partial charge >= 0.3 is 0 Å². The molecular weight excluding hydrogens is 318 g/mol. The number of anilines is 2. The van der Waals surface area contributed by atoms with E-state index in [1.807, 2.05) is 0 Å². The van der Waals surface area contributed by atoms with Gasteiger partial charge in [-0.25, -0.2) is 9.97 Å². The van der Waals surface area contributed by atoms with Crippen molar-refractivity contribution in [3.8, 4) is 6.07 Å². The molecular formula is C14H22BrN5. The predicted octanol–water partition coefficient (Wildman–Crippen LogP) is 3.44. The summed E-state index contributed by atoms with van der Waals surface area (Å²) in [5.74, 6) is 2.16. The number of halogens is 1. The Bertz CT molecular complexity index is 455. The summed E-state index contributed by atoms with van der Waals surface area (Å²) in [5.41, 5.74) is 0. The van der Waals surface area contributed by atoms with Gasteiger partial charge < -0.3 is 10.2 Å². The van der Waals surface area contributed by atoms with Crippen LogP contribution in [0.3, 0.4) is 0 Å². The third kappa shape index (κ3) is 4.97. The quantitative estimate of drug-likeness (QED) is 0.785. The lowest BCUT2D eigenvalue weighted by Crippen LogP contribution is -2.30. The van der Waals surface area contributed by atoms with Gasteiger partial charge in [-0.1, -0.05) is 20.8 Å². The first-order valence-electron chi connectivity index (χ1n) is 6.96. The highest BCUT2D eigenvalue weighted by atomic mass is 79.9. The molecule has 5 nitrogen and oxygen atoms in total. The van der Waals surface area contributed by atoms with E-state index in [4.69, 9.17) is 5.26 Å². The van der Waals surface area contributed by atoms with Gasteiger partial charge in [-0.05, 0) is 28.3 Å². The molecule has 0 amide bonds. The molecule has 0 unspecified atom stereocenters. The third-order valence-electron chi connectivity index (χ3n) is 2.69. The number of hydrogen-bond acceptors (Lipinski definition) is 5. The Morgan fingerprint density at radius 3 is 2.80 bits per heavy atom. The topological polar surface area (TPSA) is 64.8 Å². The molecule has 0 aromatic carbocycles. The molecule has 0 aliphatic carbocycles. The maximum atomic E-state index is 8.80.